The van der Waals surface area contributed by atoms with Crippen molar-refractivity contribution in [1.29, 1.82) is 0 Å². The highest BCUT2D eigenvalue weighted by atomic mass is 32.1. The van der Waals surface area contributed by atoms with Gasteiger partial charge in [-0.05, 0) is 25.5 Å². The molecule has 0 aromatic carbocycles. The molecular formula is C16H18N2O4S. The first kappa shape index (κ1) is 17.0. The maximum Gasteiger partial charge on any atom is 0.341 e. The second-order valence-electron chi connectivity index (χ2n) is 4.85. The van der Waals surface area contributed by atoms with Crippen molar-refractivity contribution in [3.05, 3.63) is 50.8 Å². The standard InChI is InChI=1S/C16H18N2O4S/c1-4-11-9-12(16(21)22-5-2)15(23-11)17-14(20)10-6-7-18(3)13(19)8-10/h6-9H,4-5H2,1-3H3,(H,17,20). The van der Waals surface area contributed by atoms with Crippen LogP contribution < -0.4 is 10.9 Å². The van der Waals surface area contributed by atoms with Crippen LogP contribution in [0.5, 0.6) is 0 Å². The van der Waals surface area contributed by atoms with Crippen molar-refractivity contribution in [2.75, 3.05) is 11.9 Å². The van der Waals surface area contributed by atoms with E-state index in [1.807, 2.05) is 6.92 Å². The molecule has 6 nitrogen and oxygen atoms in total. The number of aryl methyl sites for hydroxylation is 2. The van der Waals surface area contributed by atoms with E-state index < -0.39 is 11.9 Å². The molecule has 1 N–H and O–H groups in total. The van der Waals surface area contributed by atoms with E-state index in [2.05, 4.69) is 5.32 Å². The van der Waals surface area contributed by atoms with Crippen molar-refractivity contribution in [1.82, 2.24) is 4.57 Å². The van der Waals surface area contributed by atoms with Gasteiger partial charge in [-0.1, -0.05) is 6.92 Å². The molecule has 2 aromatic heterocycles. The van der Waals surface area contributed by atoms with Crippen molar-refractivity contribution in [2.24, 2.45) is 7.05 Å². The van der Waals surface area contributed by atoms with E-state index in [1.165, 1.54) is 28.2 Å². The van der Waals surface area contributed by atoms with Gasteiger partial charge in [0.1, 0.15) is 5.00 Å². The van der Waals surface area contributed by atoms with Crippen LogP contribution in [-0.4, -0.2) is 23.1 Å². The lowest BCUT2D eigenvalue weighted by molar-refractivity contribution is 0.0528. The minimum atomic E-state index is -0.470. The Balaban J connectivity index is 2.29. The Morgan fingerprint density at radius 3 is 2.65 bits per heavy atom. The number of carbonyl (C=O) groups is 2. The first-order valence-electron chi connectivity index (χ1n) is 7.24. The largest absolute Gasteiger partial charge is 0.462 e. The van der Waals surface area contributed by atoms with Gasteiger partial charge in [0.25, 0.3) is 11.5 Å². The number of hydrogen-bond acceptors (Lipinski definition) is 5. The Hall–Kier alpha value is -2.41. The zero-order valence-corrected chi connectivity index (χ0v) is 14.0. The molecule has 0 saturated carbocycles. The summed E-state index contributed by atoms with van der Waals surface area (Å²) in [6.45, 7) is 3.95. The Labute approximate surface area is 137 Å². The third kappa shape index (κ3) is 3.87. The van der Waals surface area contributed by atoms with Crippen LogP contribution in [0.15, 0.2) is 29.2 Å². The van der Waals surface area contributed by atoms with E-state index >= 15 is 0 Å². The van der Waals surface area contributed by atoms with E-state index in [4.69, 9.17) is 4.74 Å². The Morgan fingerprint density at radius 2 is 2.04 bits per heavy atom. The van der Waals surface area contributed by atoms with Crippen LogP contribution in [-0.2, 0) is 18.2 Å². The molecule has 2 aromatic rings. The molecule has 0 radical (unpaired) electrons. The lowest BCUT2D eigenvalue weighted by Gasteiger charge is -2.06. The summed E-state index contributed by atoms with van der Waals surface area (Å²) < 4.78 is 6.39. The smallest absolute Gasteiger partial charge is 0.341 e. The van der Waals surface area contributed by atoms with Gasteiger partial charge in [-0.15, -0.1) is 11.3 Å². The van der Waals surface area contributed by atoms with Crippen LogP contribution in [0.4, 0.5) is 5.00 Å². The minimum absolute atomic E-state index is 0.245. The Kier molecular flexibility index (Phi) is 5.33. The van der Waals surface area contributed by atoms with E-state index in [0.29, 0.717) is 10.6 Å². The number of nitrogens with zero attached hydrogens (tertiary/aromatic N) is 1. The Morgan fingerprint density at radius 1 is 1.30 bits per heavy atom. The summed E-state index contributed by atoms with van der Waals surface area (Å²) in [5.74, 6) is -0.902. The fourth-order valence-corrected chi connectivity index (χ4v) is 2.91. The van der Waals surface area contributed by atoms with Gasteiger partial charge in [0.15, 0.2) is 0 Å². The van der Waals surface area contributed by atoms with Crippen LogP contribution in [0, 0.1) is 0 Å². The zero-order valence-electron chi connectivity index (χ0n) is 13.2. The van der Waals surface area contributed by atoms with Gasteiger partial charge >= 0.3 is 5.97 Å². The zero-order chi connectivity index (χ0) is 17.0. The molecule has 0 aliphatic carbocycles. The number of thiophene rings is 1. The number of rotatable bonds is 5. The predicted octanol–water partition coefficient (Wildman–Crippen LogP) is 2.44. The van der Waals surface area contributed by atoms with Crippen LogP contribution in [0.25, 0.3) is 0 Å². The van der Waals surface area contributed by atoms with Gasteiger partial charge in [-0.25, -0.2) is 4.79 Å². The normalized spacial score (nSPS) is 10.4. The second-order valence-corrected chi connectivity index (χ2v) is 5.98. The van der Waals surface area contributed by atoms with Crippen LogP contribution >= 0.6 is 11.3 Å². The van der Waals surface area contributed by atoms with Crippen LogP contribution in [0.3, 0.4) is 0 Å². The summed E-state index contributed by atoms with van der Waals surface area (Å²) in [4.78, 5) is 36.9. The number of pyridine rings is 1. The summed E-state index contributed by atoms with van der Waals surface area (Å²) >= 11 is 1.33. The Bertz CT molecular complexity index is 792. The number of amides is 1. The molecule has 0 aliphatic rings. The third-order valence-corrected chi connectivity index (χ3v) is 4.42. The minimum Gasteiger partial charge on any atom is -0.462 e. The molecule has 0 bridgehead atoms. The second kappa shape index (κ2) is 7.23. The maximum absolute atomic E-state index is 12.3. The number of anilines is 1. The molecule has 23 heavy (non-hydrogen) atoms. The van der Waals surface area contributed by atoms with Crippen molar-refractivity contribution >= 4 is 28.2 Å². The monoisotopic (exact) mass is 334 g/mol. The lowest BCUT2D eigenvalue weighted by atomic mass is 10.2. The van der Waals surface area contributed by atoms with Crippen molar-refractivity contribution in [2.45, 2.75) is 20.3 Å². The molecule has 0 spiro atoms. The van der Waals surface area contributed by atoms with E-state index in [1.54, 1.807) is 26.1 Å². The maximum atomic E-state index is 12.3. The molecule has 0 aliphatic heterocycles. The third-order valence-electron chi connectivity index (χ3n) is 3.22. The van der Waals surface area contributed by atoms with Crippen LogP contribution in [0.2, 0.25) is 0 Å². The van der Waals surface area contributed by atoms with Gasteiger partial charge in [0.05, 0.1) is 12.2 Å². The van der Waals surface area contributed by atoms with Gasteiger partial charge < -0.3 is 14.6 Å². The summed E-state index contributed by atoms with van der Waals surface area (Å²) in [7, 11) is 1.61. The highest BCUT2D eigenvalue weighted by Crippen LogP contribution is 2.29. The summed E-state index contributed by atoms with van der Waals surface area (Å²) in [6, 6.07) is 4.53. The van der Waals surface area contributed by atoms with Crippen molar-refractivity contribution in [3.63, 3.8) is 0 Å². The number of aromatic nitrogens is 1. The average Bonchev–Trinajstić information content (AvgIpc) is 2.93. The molecule has 7 heteroatoms. The highest BCUT2D eigenvalue weighted by molar-refractivity contribution is 7.16. The van der Waals surface area contributed by atoms with Gasteiger partial charge in [0, 0.05) is 29.8 Å². The number of hydrogen-bond donors (Lipinski definition) is 1. The number of nitrogens with one attached hydrogen (secondary N) is 1. The first-order valence-corrected chi connectivity index (χ1v) is 8.05. The first-order chi connectivity index (χ1) is 11.0. The molecule has 2 heterocycles. The molecule has 1 amide bonds. The molecular weight excluding hydrogens is 316 g/mol. The molecule has 0 saturated heterocycles. The van der Waals surface area contributed by atoms with Crippen LogP contribution in [0.1, 0.15) is 39.4 Å². The topological polar surface area (TPSA) is 77.4 Å². The summed E-state index contributed by atoms with van der Waals surface area (Å²) in [5.41, 5.74) is 0.309. The number of ether oxygens (including phenoxy) is 1. The molecule has 0 fully saturated rings. The fraction of sp³-hybridized carbons (Fsp3) is 0.312. The van der Waals surface area contributed by atoms with E-state index in [-0.39, 0.29) is 17.7 Å². The van der Waals surface area contributed by atoms with E-state index in [9.17, 15) is 14.4 Å². The van der Waals surface area contributed by atoms with Gasteiger partial charge in [0.2, 0.25) is 0 Å². The molecule has 0 atom stereocenters. The molecule has 122 valence electrons. The number of carbonyl (C=O) groups excluding carboxylic acids is 2. The van der Waals surface area contributed by atoms with Crippen molar-refractivity contribution < 1.29 is 14.3 Å². The average molecular weight is 334 g/mol. The molecule has 0 unspecified atom stereocenters. The van der Waals surface area contributed by atoms with E-state index in [0.717, 1.165) is 11.3 Å². The number of esters is 1. The van der Waals surface area contributed by atoms with Gasteiger partial charge in [-0.2, -0.15) is 0 Å². The molecule has 2 rings (SSSR count). The fourth-order valence-electron chi connectivity index (χ4n) is 1.93. The quantitative estimate of drug-likeness (QED) is 0.852. The summed E-state index contributed by atoms with van der Waals surface area (Å²) in [5, 5.41) is 3.13. The summed E-state index contributed by atoms with van der Waals surface area (Å²) in [6.07, 6.45) is 2.27. The van der Waals surface area contributed by atoms with Gasteiger partial charge in [-0.3, -0.25) is 9.59 Å². The highest BCUT2D eigenvalue weighted by Gasteiger charge is 2.19. The van der Waals surface area contributed by atoms with Crippen molar-refractivity contribution in [3.8, 4) is 0 Å². The SMILES string of the molecule is CCOC(=O)c1cc(CC)sc1NC(=O)c1ccn(C)c(=O)c1. The lowest BCUT2D eigenvalue weighted by Crippen LogP contribution is -2.20. The predicted molar refractivity (Wildman–Crippen MR) is 89.3 cm³/mol.